The van der Waals surface area contributed by atoms with Crippen molar-refractivity contribution in [1.29, 1.82) is 0 Å². The maximum atomic E-state index is 12.4. The van der Waals surface area contributed by atoms with Crippen LogP contribution in [0.3, 0.4) is 0 Å². The molecule has 0 aliphatic heterocycles. The number of alkyl halides is 2. The van der Waals surface area contributed by atoms with E-state index in [1.165, 1.54) is 30.5 Å². The van der Waals surface area contributed by atoms with Crippen LogP contribution < -0.4 is 9.47 Å². The molecule has 6 nitrogen and oxygen atoms in total. The van der Waals surface area contributed by atoms with Crippen LogP contribution >= 0.6 is 11.8 Å². The van der Waals surface area contributed by atoms with Crippen molar-refractivity contribution in [3.63, 3.8) is 0 Å². The average Bonchev–Trinajstić information content (AvgIpc) is 3.11. The highest BCUT2D eigenvalue weighted by atomic mass is 32.2. The molecule has 0 unspecified atom stereocenters. The molecule has 0 N–H and O–H groups in total. The van der Waals surface area contributed by atoms with Crippen LogP contribution in [0.15, 0.2) is 41.6 Å². The minimum Gasteiger partial charge on any atom is -0.493 e. The van der Waals surface area contributed by atoms with Crippen LogP contribution in [0.2, 0.25) is 0 Å². The van der Waals surface area contributed by atoms with Gasteiger partial charge >= 0.3 is 6.61 Å². The Hall–Kier alpha value is -2.68. The van der Waals surface area contributed by atoms with Crippen LogP contribution in [-0.4, -0.2) is 33.9 Å². The van der Waals surface area contributed by atoms with Crippen molar-refractivity contribution in [1.82, 2.24) is 20.2 Å². The Morgan fingerprint density at radius 3 is 2.59 bits per heavy atom. The first-order valence-corrected chi connectivity index (χ1v) is 9.07. The lowest BCUT2D eigenvalue weighted by atomic mass is 10.1. The van der Waals surface area contributed by atoms with Gasteiger partial charge in [0.25, 0.3) is 0 Å². The molecule has 3 aromatic rings. The van der Waals surface area contributed by atoms with Crippen LogP contribution in [0.5, 0.6) is 11.5 Å². The third-order valence-electron chi connectivity index (χ3n) is 3.99. The van der Waals surface area contributed by atoms with Crippen LogP contribution in [0.4, 0.5) is 8.78 Å². The Morgan fingerprint density at radius 2 is 1.89 bits per heavy atom. The lowest BCUT2D eigenvalue weighted by Crippen LogP contribution is -2.03. The molecule has 0 amide bonds. The fourth-order valence-electron chi connectivity index (χ4n) is 2.43. The van der Waals surface area contributed by atoms with Gasteiger partial charge in [0.05, 0.1) is 12.8 Å². The molecule has 0 saturated carbocycles. The lowest BCUT2D eigenvalue weighted by molar-refractivity contribution is -0.0512. The highest BCUT2D eigenvalue weighted by Gasteiger charge is 2.13. The molecule has 9 heteroatoms. The lowest BCUT2D eigenvalue weighted by Gasteiger charge is -2.11. The Kier molecular flexibility index (Phi) is 5.90. The Labute approximate surface area is 159 Å². The number of nitrogens with zero attached hydrogens (tertiary/aromatic N) is 4. The second kappa shape index (κ2) is 8.34. The van der Waals surface area contributed by atoms with Gasteiger partial charge in [-0.25, -0.2) is 0 Å². The molecule has 0 aliphatic carbocycles. The second-order valence-corrected chi connectivity index (χ2v) is 6.74. The molecule has 142 valence electrons. The van der Waals surface area contributed by atoms with Crippen molar-refractivity contribution in [3.05, 3.63) is 53.1 Å². The smallest absolute Gasteiger partial charge is 0.387 e. The molecule has 3 rings (SSSR count). The van der Waals surface area contributed by atoms with E-state index in [2.05, 4.69) is 20.3 Å². The van der Waals surface area contributed by atoms with Gasteiger partial charge in [0.1, 0.15) is 0 Å². The van der Waals surface area contributed by atoms with Gasteiger partial charge < -0.3 is 9.47 Å². The highest BCUT2D eigenvalue weighted by Crippen LogP contribution is 2.32. The average molecular weight is 392 g/mol. The van der Waals surface area contributed by atoms with Gasteiger partial charge in [0.2, 0.25) is 5.16 Å². The molecular weight excluding hydrogens is 374 g/mol. The monoisotopic (exact) mass is 392 g/mol. The maximum Gasteiger partial charge on any atom is 0.387 e. The number of halogens is 2. The van der Waals surface area contributed by atoms with E-state index in [1.807, 2.05) is 32.0 Å². The van der Waals surface area contributed by atoms with E-state index in [4.69, 9.17) is 4.74 Å². The van der Waals surface area contributed by atoms with E-state index in [-0.39, 0.29) is 11.5 Å². The normalized spacial score (nSPS) is 11.0. The number of methoxy groups -OCH3 is 1. The van der Waals surface area contributed by atoms with Gasteiger partial charge in [-0.2, -0.15) is 13.5 Å². The summed E-state index contributed by atoms with van der Waals surface area (Å²) in [6.45, 7) is 1.18. The fourth-order valence-corrected chi connectivity index (χ4v) is 3.27. The molecular formula is C18H18F2N4O2S. The standard InChI is InChI=1S/C18H18F2N4O2S/c1-11-4-6-14(8-12(11)2)24-18(21-22-23-24)27-10-13-5-7-15(26-17(19)20)16(9-13)25-3/h4-9,17H,10H2,1-3H3. The number of aromatic nitrogens is 4. The number of ether oxygens (including phenoxy) is 2. The molecule has 0 bridgehead atoms. The predicted octanol–water partition coefficient (Wildman–Crippen LogP) is 4.18. The van der Waals surface area contributed by atoms with E-state index in [1.54, 1.807) is 16.8 Å². The van der Waals surface area contributed by atoms with Gasteiger partial charge in [-0.3, -0.25) is 0 Å². The summed E-state index contributed by atoms with van der Waals surface area (Å²) in [4.78, 5) is 0. The quantitative estimate of drug-likeness (QED) is 0.562. The topological polar surface area (TPSA) is 62.1 Å². The largest absolute Gasteiger partial charge is 0.493 e. The van der Waals surface area contributed by atoms with E-state index in [0.29, 0.717) is 10.9 Å². The molecule has 0 radical (unpaired) electrons. The molecule has 1 heterocycles. The van der Waals surface area contributed by atoms with Gasteiger partial charge in [-0.1, -0.05) is 23.9 Å². The maximum absolute atomic E-state index is 12.4. The van der Waals surface area contributed by atoms with Crippen LogP contribution in [0.1, 0.15) is 16.7 Å². The number of tetrazole rings is 1. The molecule has 0 saturated heterocycles. The second-order valence-electron chi connectivity index (χ2n) is 5.79. The molecule has 0 aliphatic rings. The number of hydrogen-bond donors (Lipinski definition) is 0. The van der Waals surface area contributed by atoms with Crippen molar-refractivity contribution in [3.8, 4) is 17.2 Å². The van der Waals surface area contributed by atoms with Gasteiger partial charge in [0.15, 0.2) is 11.5 Å². The summed E-state index contributed by atoms with van der Waals surface area (Å²) in [6, 6.07) is 10.8. The van der Waals surface area contributed by atoms with Crippen molar-refractivity contribution in [2.24, 2.45) is 0 Å². The first-order chi connectivity index (χ1) is 13.0. The molecule has 2 aromatic carbocycles. The summed E-state index contributed by atoms with van der Waals surface area (Å²) in [5.41, 5.74) is 4.09. The van der Waals surface area contributed by atoms with E-state index in [9.17, 15) is 8.78 Å². The fraction of sp³-hybridized carbons (Fsp3) is 0.278. The Balaban J connectivity index is 1.76. The number of hydrogen-bond acceptors (Lipinski definition) is 6. The number of benzene rings is 2. The van der Waals surface area contributed by atoms with Crippen LogP contribution in [0, 0.1) is 13.8 Å². The van der Waals surface area contributed by atoms with Gasteiger partial charge in [-0.05, 0) is 65.2 Å². The third kappa shape index (κ3) is 4.54. The summed E-state index contributed by atoms with van der Waals surface area (Å²) in [7, 11) is 1.41. The zero-order chi connectivity index (χ0) is 19.4. The summed E-state index contributed by atoms with van der Waals surface area (Å²) >= 11 is 1.43. The van der Waals surface area contributed by atoms with E-state index in [0.717, 1.165) is 16.8 Å². The summed E-state index contributed by atoms with van der Waals surface area (Å²) in [5.74, 6) is 0.791. The first-order valence-electron chi connectivity index (χ1n) is 8.08. The van der Waals surface area contributed by atoms with Crippen LogP contribution in [0.25, 0.3) is 5.69 Å². The summed E-state index contributed by atoms with van der Waals surface area (Å²) in [5, 5.41) is 12.5. The first kappa shape index (κ1) is 19.1. The molecule has 1 aromatic heterocycles. The zero-order valence-corrected chi connectivity index (χ0v) is 15.8. The van der Waals surface area contributed by atoms with Crippen molar-refractivity contribution < 1.29 is 18.3 Å². The molecule has 0 atom stereocenters. The number of thioether (sulfide) groups is 1. The number of rotatable bonds is 7. The molecule has 0 spiro atoms. The summed E-state index contributed by atoms with van der Waals surface area (Å²) in [6.07, 6.45) is 0. The van der Waals surface area contributed by atoms with E-state index < -0.39 is 6.61 Å². The number of aryl methyl sites for hydroxylation is 2. The predicted molar refractivity (Wildman–Crippen MR) is 97.8 cm³/mol. The third-order valence-corrected chi connectivity index (χ3v) is 4.98. The highest BCUT2D eigenvalue weighted by molar-refractivity contribution is 7.98. The summed E-state index contributed by atoms with van der Waals surface area (Å²) < 4.78 is 36.1. The minimum atomic E-state index is -2.90. The molecule has 0 fully saturated rings. The van der Waals surface area contributed by atoms with Gasteiger partial charge in [0, 0.05) is 5.75 Å². The van der Waals surface area contributed by atoms with E-state index >= 15 is 0 Å². The van der Waals surface area contributed by atoms with Crippen molar-refractivity contribution >= 4 is 11.8 Å². The SMILES string of the molecule is COc1cc(CSc2nnnn2-c2ccc(C)c(C)c2)ccc1OC(F)F. The Morgan fingerprint density at radius 1 is 1.07 bits per heavy atom. The van der Waals surface area contributed by atoms with Crippen LogP contribution in [-0.2, 0) is 5.75 Å². The minimum absolute atomic E-state index is 0.00112. The molecule has 27 heavy (non-hydrogen) atoms. The zero-order valence-electron chi connectivity index (χ0n) is 15.0. The van der Waals surface area contributed by atoms with Crippen molar-refractivity contribution in [2.45, 2.75) is 31.4 Å². The Bertz CT molecular complexity index is 933. The van der Waals surface area contributed by atoms with Gasteiger partial charge in [-0.15, -0.1) is 5.10 Å². The van der Waals surface area contributed by atoms with Crippen molar-refractivity contribution in [2.75, 3.05) is 7.11 Å².